The van der Waals surface area contributed by atoms with E-state index in [1.807, 2.05) is 20.8 Å². The third-order valence-electron chi connectivity index (χ3n) is 8.53. The minimum atomic E-state index is -0.923. The van der Waals surface area contributed by atoms with Crippen LogP contribution in [0.5, 0.6) is 0 Å². The lowest BCUT2D eigenvalue weighted by atomic mass is 9.97. The topological polar surface area (TPSA) is 164 Å². The molecule has 232 valence electrons. The van der Waals surface area contributed by atoms with Crippen molar-refractivity contribution in [1.29, 1.82) is 0 Å². The van der Waals surface area contributed by atoms with Crippen molar-refractivity contribution in [3.63, 3.8) is 0 Å². The number of H-pyrrole nitrogens is 2. The van der Waals surface area contributed by atoms with E-state index in [0.29, 0.717) is 52.3 Å². The van der Waals surface area contributed by atoms with Crippen molar-refractivity contribution in [2.45, 2.75) is 72.3 Å². The Morgan fingerprint density at radius 1 is 0.909 bits per heavy atom. The molecule has 2 aromatic heterocycles. The zero-order chi connectivity index (χ0) is 32.5. The largest absolute Gasteiger partial charge is 0.481 e. The summed E-state index contributed by atoms with van der Waals surface area (Å²) in [5, 5.41) is 24.8. The van der Waals surface area contributed by atoms with Crippen molar-refractivity contribution in [2.75, 3.05) is 0 Å². The highest BCUT2D eigenvalue weighted by Gasteiger charge is 2.29. The quantitative estimate of drug-likeness (QED) is 0.165. The van der Waals surface area contributed by atoms with Crippen LogP contribution in [0.15, 0.2) is 52.1 Å². The number of carbonyl (C=O) groups excluding carboxylic acids is 2. The molecule has 4 heterocycles. The summed E-state index contributed by atoms with van der Waals surface area (Å²) >= 11 is 4.37. The van der Waals surface area contributed by atoms with Gasteiger partial charge in [0.25, 0.3) is 11.8 Å². The molecule has 2 aliphatic heterocycles. The molecule has 0 spiro atoms. The number of rotatable bonds is 13. The Balaban J connectivity index is 1.77. The molecule has 0 saturated carbocycles. The Bertz CT molecular complexity index is 1700. The lowest BCUT2D eigenvalue weighted by Gasteiger charge is -2.12. The van der Waals surface area contributed by atoms with E-state index >= 15 is 0 Å². The van der Waals surface area contributed by atoms with Gasteiger partial charge in [0.05, 0.1) is 11.7 Å². The molecule has 0 fully saturated rings. The van der Waals surface area contributed by atoms with Gasteiger partial charge in [-0.05, 0) is 74.4 Å². The van der Waals surface area contributed by atoms with E-state index in [-0.39, 0.29) is 37.1 Å². The number of aromatic nitrogens is 2. The Kier molecular flexibility index (Phi) is 9.58. The monoisotopic (exact) mass is 618 g/mol. The molecule has 0 saturated heterocycles. The predicted molar refractivity (Wildman–Crippen MR) is 171 cm³/mol. The van der Waals surface area contributed by atoms with Crippen molar-refractivity contribution in [1.82, 2.24) is 20.6 Å². The molecule has 44 heavy (non-hydrogen) atoms. The van der Waals surface area contributed by atoms with Crippen LogP contribution < -0.4 is 10.6 Å². The Morgan fingerprint density at radius 3 is 2.05 bits per heavy atom. The average Bonchev–Trinajstić information content (AvgIpc) is 3.59. The van der Waals surface area contributed by atoms with Crippen LogP contribution in [0.1, 0.15) is 71.7 Å². The highest BCUT2D eigenvalue weighted by Crippen LogP contribution is 2.33. The molecule has 0 aliphatic carbocycles. The van der Waals surface area contributed by atoms with E-state index in [1.165, 1.54) is 0 Å². The van der Waals surface area contributed by atoms with Gasteiger partial charge in [0.1, 0.15) is 0 Å². The van der Waals surface area contributed by atoms with Gasteiger partial charge in [0, 0.05) is 70.1 Å². The van der Waals surface area contributed by atoms with E-state index < -0.39 is 11.9 Å². The number of carboxylic acid groups (broad SMARTS) is 2. The summed E-state index contributed by atoms with van der Waals surface area (Å²) in [4.78, 5) is 55.3. The number of hydrogen-bond acceptors (Lipinski definition) is 5. The third kappa shape index (κ3) is 6.52. The molecule has 10 nitrogen and oxygen atoms in total. The summed E-state index contributed by atoms with van der Waals surface area (Å²) in [6.07, 6.45) is 4.68. The summed E-state index contributed by atoms with van der Waals surface area (Å²) in [5.74, 6) is -2.24. The first-order valence-corrected chi connectivity index (χ1v) is 14.8. The normalized spacial score (nSPS) is 17.5. The van der Waals surface area contributed by atoms with Crippen molar-refractivity contribution in [2.24, 2.45) is 0 Å². The van der Waals surface area contributed by atoms with Gasteiger partial charge in [-0.2, -0.15) is 0 Å². The molecule has 0 unspecified atom stereocenters. The van der Waals surface area contributed by atoms with E-state index in [2.05, 4.69) is 46.4 Å². The van der Waals surface area contributed by atoms with Crippen LogP contribution in [0.25, 0.3) is 6.08 Å². The highest BCUT2D eigenvalue weighted by atomic mass is 32.1. The predicted octanol–water partition coefficient (Wildman–Crippen LogP) is 4.36. The number of carboxylic acids is 2. The van der Waals surface area contributed by atoms with Gasteiger partial charge in [-0.15, -0.1) is 12.6 Å². The standard InChI is InChI=1S/C33H38N4O6S/c1-7-20-15(2)25(36-33(20)43)12-23-16(3)21(8-10-29(38)39)26(34-23)14-27-22(9-11-30(40)41)17(4)24(35-27)13-28-31(19(6)44)18(5)32(42)37-28/h7,13,25,34-35,44H,1,6,8-12,14H2,2-5H3,(H,36,43)(H,37,42)(H,38,39)(H,40,41)/b28-13-/t25-/m1/s1. The molecule has 0 bridgehead atoms. The number of aromatic amines is 2. The Morgan fingerprint density at radius 2 is 1.50 bits per heavy atom. The summed E-state index contributed by atoms with van der Waals surface area (Å²) in [6, 6.07) is -0.223. The van der Waals surface area contributed by atoms with Crippen LogP contribution in [-0.2, 0) is 44.9 Å². The molecule has 6 N–H and O–H groups in total. The fraction of sp³-hybridized carbons (Fsp3) is 0.333. The molecular formula is C33H38N4O6S. The summed E-state index contributed by atoms with van der Waals surface area (Å²) < 4.78 is 0. The summed E-state index contributed by atoms with van der Waals surface area (Å²) in [6.45, 7) is 15.1. The number of carbonyl (C=O) groups is 4. The molecule has 2 aromatic rings. The van der Waals surface area contributed by atoms with Crippen molar-refractivity contribution < 1.29 is 29.4 Å². The number of aliphatic carboxylic acids is 2. The number of thiol groups is 1. The molecule has 11 heteroatoms. The minimum Gasteiger partial charge on any atom is -0.481 e. The second kappa shape index (κ2) is 13.0. The lowest BCUT2D eigenvalue weighted by Crippen LogP contribution is -2.30. The van der Waals surface area contributed by atoms with Crippen LogP contribution in [-0.4, -0.2) is 50.0 Å². The number of hydrogen-bond donors (Lipinski definition) is 7. The number of allylic oxidation sites excluding steroid dienone is 1. The maximum Gasteiger partial charge on any atom is 0.303 e. The molecular weight excluding hydrogens is 580 g/mol. The lowest BCUT2D eigenvalue weighted by molar-refractivity contribution is -0.138. The second-order valence-electron chi connectivity index (χ2n) is 11.3. The van der Waals surface area contributed by atoms with E-state index in [0.717, 1.165) is 44.9 Å². The van der Waals surface area contributed by atoms with Crippen LogP contribution in [0.3, 0.4) is 0 Å². The Labute approximate surface area is 261 Å². The van der Waals surface area contributed by atoms with Gasteiger partial charge in [-0.3, -0.25) is 19.2 Å². The third-order valence-corrected chi connectivity index (χ3v) is 8.75. The zero-order valence-corrected chi connectivity index (χ0v) is 26.3. The molecule has 1 atom stereocenters. The van der Waals surface area contributed by atoms with E-state index in [9.17, 15) is 29.4 Å². The van der Waals surface area contributed by atoms with Crippen molar-refractivity contribution >= 4 is 42.5 Å². The molecule has 2 amide bonds. The van der Waals surface area contributed by atoms with Crippen LogP contribution in [0.4, 0.5) is 0 Å². The highest BCUT2D eigenvalue weighted by molar-refractivity contribution is 7.84. The smallest absolute Gasteiger partial charge is 0.303 e. The number of amides is 2. The first-order valence-electron chi connectivity index (χ1n) is 14.3. The van der Waals surface area contributed by atoms with Gasteiger partial charge >= 0.3 is 11.9 Å². The van der Waals surface area contributed by atoms with Gasteiger partial charge in [-0.25, -0.2) is 0 Å². The van der Waals surface area contributed by atoms with Gasteiger partial charge in [0.15, 0.2) is 0 Å². The van der Waals surface area contributed by atoms with Crippen molar-refractivity contribution in [3.05, 3.63) is 97.2 Å². The first-order chi connectivity index (χ1) is 20.7. The van der Waals surface area contributed by atoms with Gasteiger partial charge in [-0.1, -0.05) is 19.2 Å². The summed E-state index contributed by atoms with van der Waals surface area (Å²) in [7, 11) is 0. The van der Waals surface area contributed by atoms with E-state index in [4.69, 9.17) is 0 Å². The fourth-order valence-corrected chi connectivity index (χ4v) is 6.33. The molecule has 0 radical (unpaired) electrons. The maximum absolute atomic E-state index is 12.4. The van der Waals surface area contributed by atoms with Crippen LogP contribution in [0, 0.1) is 13.8 Å². The maximum atomic E-state index is 12.4. The second-order valence-corrected chi connectivity index (χ2v) is 11.8. The fourth-order valence-electron chi connectivity index (χ4n) is 6.04. The van der Waals surface area contributed by atoms with Gasteiger partial charge < -0.3 is 30.8 Å². The van der Waals surface area contributed by atoms with Crippen LogP contribution in [0.2, 0.25) is 0 Å². The molecule has 4 rings (SSSR count). The molecule has 0 aromatic carbocycles. The average molecular weight is 619 g/mol. The minimum absolute atomic E-state index is 0.0560. The van der Waals surface area contributed by atoms with Crippen LogP contribution >= 0.6 is 12.6 Å². The van der Waals surface area contributed by atoms with E-state index in [1.54, 1.807) is 19.1 Å². The van der Waals surface area contributed by atoms with Crippen molar-refractivity contribution in [3.8, 4) is 0 Å². The Hall–Kier alpha value is -4.51. The SMILES string of the molecule is C=CC1=C(C)[C@@H](Cc2[nH]c(Cc3[nH]c(/C=C4\NC(=O)C(C)=C4C(=C)S)c(C)c3CCC(=O)O)c(CCC(=O)O)c2C)NC1=O. The summed E-state index contributed by atoms with van der Waals surface area (Å²) in [5.41, 5.74) is 9.83. The number of nitrogens with one attached hydrogen (secondary N) is 4. The van der Waals surface area contributed by atoms with Gasteiger partial charge in [0.2, 0.25) is 0 Å². The molecule has 2 aliphatic rings. The first kappa shape index (κ1) is 32.4. The zero-order valence-electron chi connectivity index (χ0n) is 25.4.